The minimum Gasteiger partial charge on any atom is -0.325 e. The minimum absolute atomic E-state index is 0.404. The molecule has 0 atom stereocenters. The van der Waals surface area contributed by atoms with Crippen molar-refractivity contribution in [1.82, 2.24) is 9.97 Å². The molecule has 1 aromatic heterocycles. The highest BCUT2D eigenvalue weighted by atomic mass is 14.9. The maximum atomic E-state index is 5.78. The first-order valence-corrected chi connectivity index (χ1v) is 6.97. The van der Waals surface area contributed by atoms with E-state index in [-0.39, 0.29) is 0 Å². The van der Waals surface area contributed by atoms with Gasteiger partial charge in [0.1, 0.15) is 0 Å². The highest BCUT2D eigenvalue weighted by molar-refractivity contribution is 5.64. The topological polar surface area (TPSA) is 51.8 Å². The minimum atomic E-state index is 0.404. The van der Waals surface area contributed by atoms with Gasteiger partial charge in [-0.15, -0.1) is 0 Å². The molecule has 0 aliphatic rings. The van der Waals surface area contributed by atoms with Crippen LogP contribution in [0.4, 0.5) is 0 Å². The molecule has 2 aromatic carbocycles. The number of hydrogen-bond acceptors (Lipinski definition) is 3. The van der Waals surface area contributed by atoms with Crippen LogP contribution in [0.5, 0.6) is 0 Å². The molecule has 0 fully saturated rings. The SMILES string of the molecule is Cc1ccc(-c2cc(CN)nc(-c3ccccc3)n2)cc1. The van der Waals surface area contributed by atoms with Crippen molar-refractivity contribution in [2.75, 3.05) is 0 Å². The van der Waals surface area contributed by atoms with Crippen LogP contribution in [0.3, 0.4) is 0 Å². The summed E-state index contributed by atoms with van der Waals surface area (Å²) in [6.45, 7) is 2.48. The van der Waals surface area contributed by atoms with Gasteiger partial charge in [0.05, 0.1) is 11.4 Å². The smallest absolute Gasteiger partial charge is 0.160 e. The Morgan fingerprint density at radius 3 is 2.24 bits per heavy atom. The summed E-state index contributed by atoms with van der Waals surface area (Å²) in [5.41, 5.74) is 10.8. The van der Waals surface area contributed by atoms with Crippen molar-refractivity contribution in [3.05, 3.63) is 71.9 Å². The van der Waals surface area contributed by atoms with Crippen molar-refractivity contribution in [1.29, 1.82) is 0 Å². The van der Waals surface area contributed by atoms with Crippen molar-refractivity contribution >= 4 is 0 Å². The molecular weight excluding hydrogens is 258 g/mol. The molecule has 0 amide bonds. The number of aryl methyl sites for hydroxylation is 1. The molecule has 0 aliphatic carbocycles. The normalized spacial score (nSPS) is 10.6. The zero-order chi connectivity index (χ0) is 14.7. The van der Waals surface area contributed by atoms with Crippen molar-refractivity contribution in [3.63, 3.8) is 0 Å². The first-order chi connectivity index (χ1) is 10.3. The summed E-state index contributed by atoms with van der Waals surface area (Å²) in [6.07, 6.45) is 0. The van der Waals surface area contributed by atoms with Gasteiger partial charge in [0, 0.05) is 17.7 Å². The van der Waals surface area contributed by atoms with Gasteiger partial charge in [-0.1, -0.05) is 60.2 Å². The summed E-state index contributed by atoms with van der Waals surface area (Å²) in [6, 6.07) is 20.2. The van der Waals surface area contributed by atoms with Gasteiger partial charge in [-0.25, -0.2) is 9.97 Å². The highest BCUT2D eigenvalue weighted by Gasteiger charge is 2.07. The molecule has 21 heavy (non-hydrogen) atoms. The van der Waals surface area contributed by atoms with E-state index in [9.17, 15) is 0 Å². The molecule has 0 saturated heterocycles. The lowest BCUT2D eigenvalue weighted by molar-refractivity contribution is 0.972. The molecule has 3 heteroatoms. The van der Waals surface area contributed by atoms with Gasteiger partial charge in [0.15, 0.2) is 5.82 Å². The van der Waals surface area contributed by atoms with Crippen LogP contribution in [-0.4, -0.2) is 9.97 Å². The average Bonchev–Trinajstić information content (AvgIpc) is 2.56. The summed E-state index contributed by atoms with van der Waals surface area (Å²) < 4.78 is 0. The summed E-state index contributed by atoms with van der Waals surface area (Å²) >= 11 is 0. The number of benzene rings is 2. The standard InChI is InChI=1S/C18H17N3/c1-13-7-9-14(10-8-13)17-11-16(12-19)20-18(21-17)15-5-3-2-4-6-15/h2-11H,12,19H2,1H3. The van der Waals surface area contributed by atoms with Gasteiger partial charge >= 0.3 is 0 Å². The third-order valence-electron chi connectivity index (χ3n) is 3.37. The predicted octanol–water partition coefficient (Wildman–Crippen LogP) is 3.58. The van der Waals surface area contributed by atoms with Gasteiger partial charge in [-0.2, -0.15) is 0 Å². The van der Waals surface area contributed by atoms with E-state index in [4.69, 9.17) is 5.73 Å². The molecule has 104 valence electrons. The van der Waals surface area contributed by atoms with E-state index in [1.165, 1.54) is 5.56 Å². The summed E-state index contributed by atoms with van der Waals surface area (Å²) in [5, 5.41) is 0. The lowest BCUT2D eigenvalue weighted by atomic mass is 10.1. The Balaban J connectivity index is 2.11. The molecule has 0 radical (unpaired) electrons. The molecule has 0 spiro atoms. The third kappa shape index (κ3) is 2.98. The lowest BCUT2D eigenvalue weighted by Gasteiger charge is -2.08. The van der Waals surface area contributed by atoms with Gasteiger partial charge < -0.3 is 5.73 Å². The second-order valence-electron chi connectivity index (χ2n) is 5.00. The molecular formula is C18H17N3. The van der Waals surface area contributed by atoms with Gasteiger partial charge in [-0.05, 0) is 13.0 Å². The Morgan fingerprint density at radius 2 is 1.57 bits per heavy atom. The quantitative estimate of drug-likeness (QED) is 0.795. The van der Waals surface area contributed by atoms with Gasteiger partial charge in [-0.3, -0.25) is 0 Å². The third-order valence-corrected chi connectivity index (χ3v) is 3.37. The number of nitrogens with zero attached hydrogens (tertiary/aromatic N) is 2. The molecule has 1 heterocycles. The van der Waals surface area contributed by atoms with Crippen molar-refractivity contribution in [2.45, 2.75) is 13.5 Å². The molecule has 3 nitrogen and oxygen atoms in total. The number of aromatic nitrogens is 2. The van der Waals surface area contributed by atoms with E-state index in [0.29, 0.717) is 12.4 Å². The summed E-state index contributed by atoms with van der Waals surface area (Å²) in [5.74, 6) is 0.717. The summed E-state index contributed by atoms with van der Waals surface area (Å²) in [4.78, 5) is 9.21. The maximum Gasteiger partial charge on any atom is 0.160 e. The van der Waals surface area contributed by atoms with Crippen LogP contribution < -0.4 is 5.73 Å². The van der Waals surface area contributed by atoms with Crippen LogP contribution in [0, 0.1) is 6.92 Å². The average molecular weight is 275 g/mol. The molecule has 0 saturated carbocycles. The molecule has 0 unspecified atom stereocenters. The van der Waals surface area contributed by atoms with E-state index in [2.05, 4.69) is 41.2 Å². The Hall–Kier alpha value is -2.52. The Bertz CT molecular complexity index is 734. The van der Waals surface area contributed by atoms with E-state index < -0.39 is 0 Å². The Labute approximate surface area is 124 Å². The summed E-state index contributed by atoms with van der Waals surface area (Å²) in [7, 11) is 0. The maximum absolute atomic E-state index is 5.78. The van der Waals surface area contributed by atoms with E-state index >= 15 is 0 Å². The van der Waals surface area contributed by atoms with Crippen LogP contribution in [0.15, 0.2) is 60.7 Å². The van der Waals surface area contributed by atoms with Crippen molar-refractivity contribution in [3.8, 4) is 22.6 Å². The van der Waals surface area contributed by atoms with Crippen LogP contribution in [0.1, 0.15) is 11.3 Å². The van der Waals surface area contributed by atoms with Crippen LogP contribution >= 0.6 is 0 Å². The second-order valence-corrected chi connectivity index (χ2v) is 5.00. The largest absolute Gasteiger partial charge is 0.325 e. The van der Waals surface area contributed by atoms with E-state index in [0.717, 1.165) is 22.5 Å². The van der Waals surface area contributed by atoms with E-state index in [1.807, 2.05) is 36.4 Å². The Kier molecular flexibility index (Phi) is 3.75. The fourth-order valence-corrected chi connectivity index (χ4v) is 2.19. The molecule has 2 N–H and O–H groups in total. The number of hydrogen-bond donors (Lipinski definition) is 1. The number of nitrogens with two attached hydrogens (primary N) is 1. The first kappa shape index (κ1) is 13.5. The zero-order valence-corrected chi connectivity index (χ0v) is 12.0. The number of rotatable bonds is 3. The molecule has 3 rings (SSSR count). The molecule has 0 bridgehead atoms. The fourth-order valence-electron chi connectivity index (χ4n) is 2.19. The van der Waals surface area contributed by atoms with Crippen LogP contribution in [0.2, 0.25) is 0 Å². The monoisotopic (exact) mass is 275 g/mol. The molecule has 3 aromatic rings. The van der Waals surface area contributed by atoms with Gasteiger partial charge in [0.25, 0.3) is 0 Å². The predicted molar refractivity (Wildman–Crippen MR) is 85.5 cm³/mol. The van der Waals surface area contributed by atoms with Crippen molar-refractivity contribution in [2.24, 2.45) is 5.73 Å². The van der Waals surface area contributed by atoms with Crippen LogP contribution in [0.25, 0.3) is 22.6 Å². The fraction of sp³-hybridized carbons (Fsp3) is 0.111. The second kappa shape index (κ2) is 5.85. The van der Waals surface area contributed by atoms with E-state index in [1.54, 1.807) is 0 Å². The first-order valence-electron chi connectivity index (χ1n) is 6.97. The highest BCUT2D eigenvalue weighted by Crippen LogP contribution is 2.22. The lowest BCUT2D eigenvalue weighted by Crippen LogP contribution is -2.03. The Morgan fingerprint density at radius 1 is 0.857 bits per heavy atom. The zero-order valence-electron chi connectivity index (χ0n) is 12.0. The molecule has 0 aliphatic heterocycles. The van der Waals surface area contributed by atoms with Gasteiger partial charge in [0.2, 0.25) is 0 Å². The van der Waals surface area contributed by atoms with Crippen LogP contribution in [-0.2, 0) is 6.54 Å². The van der Waals surface area contributed by atoms with Crippen molar-refractivity contribution < 1.29 is 0 Å².